The molecule has 1 aliphatic rings. The Morgan fingerprint density at radius 2 is 2.22 bits per heavy atom. The second-order valence-electron chi connectivity index (χ2n) is 3.98. The van der Waals surface area contributed by atoms with Crippen LogP contribution in [0.25, 0.3) is 0 Å². The molecule has 4 N–H and O–H groups in total. The molecule has 0 aliphatic carbocycles. The van der Waals surface area contributed by atoms with Crippen LogP contribution < -0.4 is 5.32 Å². The van der Waals surface area contributed by atoms with Crippen molar-refractivity contribution >= 4 is 18.0 Å². The molecule has 18 heavy (non-hydrogen) atoms. The molecule has 7 nitrogen and oxygen atoms in total. The van der Waals surface area contributed by atoms with Crippen LogP contribution in [0.2, 0.25) is 0 Å². The number of hydrogen-bond donors (Lipinski definition) is 4. The minimum Gasteiger partial charge on any atom is -0.394 e. The van der Waals surface area contributed by atoms with Crippen LogP contribution in [0.15, 0.2) is 12.3 Å². The Labute approximate surface area is 109 Å². The summed E-state index contributed by atoms with van der Waals surface area (Å²) >= 11 is 5.09. The molecule has 8 heteroatoms. The van der Waals surface area contributed by atoms with Gasteiger partial charge in [0.15, 0.2) is 6.23 Å². The summed E-state index contributed by atoms with van der Waals surface area (Å²) in [6.07, 6.45) is -2.36. The summed E-state index contributed by atoms with van der Waals surface area (Å²) in [4.78, 5) is 4.08. The number of rotatable bonds is 3. The van der Waals surface area contributed by atoms with Crippen molar-refractivity contribution in [1.82, 2.24) is 9.55 Å². The van der Waals surface area contributed by atoms with Gasteiger partial charge >= 0.3 is 0 Å². The lowest BCUT2D eigenvalue weighted by Crippen LogP contribution is -2.33. The maximum Gasteiger partial charge on any atom is 0.203 e. The van der Waals surface area contributed by atoms with Crippen molar-refractivity contribution in [2.75, 3.05) is 19.0 Å². The van der Waals surface area contributed by atoms with Crippen molar-refractivity contribution in [3.63, 3.8) is 0 Å². The zero-order valence-corrected chi connectivity index (χ0v) is 10.5. The third kappa shape index (κ3) is 2.25. The second kappa shape index (κ2) is 5.29. The summed E-state index contributed by atoms with van der Waals surface area (Å²) in [5.74, 6) is 0.600. The van der Waals surface area contributed by atoms with Crippen molar-refractivity contribution in [3.8, 4) is 0 Å². The summed E-state index contributed by atoms with van der Waals surface area (Å²) in [5.41, 5.74) is 0. The Kier molecular flexibility index (Phi) is 3.93. The first-order chi connectivity index (χ1) is 8.58. The molecule has 2 unspecified atom stereocenters. The molecule has 1 fully saturated rings. The fourth-order valence-electron chi connectivity index (χ4n) is 1.86. The third-order valence-electron chi connectivity index (χ3n) is 2.88. The Hall–Kier alpha value is -1.06. The van der Waals surface area contributed by atoms with Crippen LogP contribution in [-0.2, 0) is 4.74 Å². The normalized spacial score (nSPS) is 31.6. The average Bonchev–Trinajstić information content (AvgIpc) is 2.66. The van der Waals surface area contributed by atoms with E-state index in [4.69, 9.17) is 22.1 Å². The Bertz CT molecular complexity index is 480. The molecule has 0 radical (unpaired) electrons. The van der Waals surface area contributed by atoms with Gasteiger partial charge in [0, 0.05) is 13.2 Å². The van der Waals surface area contributed by atoms with Crippen molar-refractivity contribution in [1.29, 1.82) is 0 Å². The molecule has 0 saturated carbocycles. The van der Waals surface area contributed by atoms with E-state index < -0.39 is 24.5 Å². The van der Waals surface area contributed by atoms with Gasteiger partial charge in [-0.05, 0) is 18.3 Å². The molecule has 0 bridgehead atoms. The van der Waals surface area contributed by atoms with E-state index in [9.17, 15) is 10.2 Å². The monoisotopic (exact) mass is 273 g/mol. The van der Waals surface area contributed by atoms with Gasteiger partial charge in [-0.2, -0.15) is 0 Å². The van der Waals surface area contributed by atoms with Gasteiger partial charge in [0.25, 0.3) is 0 Å². The highest BCUT2D eigenvalue weighted by Crippen LogP contribution is 2.29. The number of ether oxygens (including phenoxy) is 1. The van der Waals surface area contributed by atoms with Gasteiger partial charge in [0.2, 0.25) is 4.77 Å². The molecule has 0 amide bonds. The number of hydrogen-bond acceptors (Lipinski definition) is 7. The fraction of sp³-hybridized carbons (Fsp3) is 0.600. The third-order valence-corrected chi connectivity index (χ3v) is 3.18. The molecule has 2 rings (SSSR count). The van der Waals surface area contributed by atoms with Crippen molar-refractivity contribution in [3.05, 3.63) is 17.0 Å². The molecule has 1 aromatic rings. The first-order valence-corrected chi connectivity index (χ1v) is 5.88. The zero-order chi connectivity index (χ0) is 13.3. The summed E-state index contributed by atoms with van der Waals surface area (Å²) < 4.78 is 7.02. The minimum absolute atomic E-state index is 0.219. The Balaban J connectivity index is 2.30. The zero-order valence-electron chi connectivity index (χ0n) is 9.72. The lowest BCUT2D eigenvalue weighted by atomic mass is 10.1. The van der Waals surface area contributed by atoms with Crippen LogP contribution in [0, 0.1) is 4.77 Å². The van der Waals surface area contributed by atoms with E-state index in [0.717, 1.165) is 0 Å². The molecule has 4 atom stereocenters. The highest BCUT2D eigenvalue weighted by Gasteiger charge is 2.43. The van der Waals surface area contributed by atoms with Gasteiger partial charge in [0.05, 0.1) is 6.61 Å². The molecule has 100 valence electrons. The maximum absolute atomic E-state index is 9.87. The van der Waals surface area contributed by atoms with Gasteiger partial charge in [-0.1, -0.05) is 0 Å². The van der Waals surface area contributed by atoms with E-state index >= 15 is 0 Å². The molecular weight excluding hydrogens is 258 g/mol. The minimum atomic E-state index is -1.16. The Morgan fingerprint density at radius 3 is 2.72 bits per heavy atom. The molecule has 0 spiro atoms. The predicted molar refractivity (Wildman–Crippen MR) is 65.6 cm³/mol. The van der Waals surface area contributed by atoms with E-state index in [2.05, 4.69) is 10.3 Å². The standard InChI is InChI=1S/C10H15N3O4S/c1-11-6-2-3-13(10(18)12-6)9-8(16)7(15)5(4-14)17-9/h2-3,5,7-9,14-16H,4H2,1H3,(H,11,12,18)/t5-,7?,8?,9-/m1/s1. The summed E-state index contributed by atoms with van der Waals surface area (Å²) in [6, 6.07) is 1.67. The lowest BCUT2D eigenvalue weighted by Gasteiger charge is -2.18. The smallest absolute Gasteiger partial charge is 0.203 e. The second-order valence-corrected chi connectivity index (χ2v) is 4.35. The first-order valence-electron chi connectivity index (χ1n) is 5.48. The maximum atomic E-state index is 9.87. The number of aliphatic hydroxyl groups is 3. The summed E-state index contributed by atoms with van der Waals surface area (Å²) in [6.45, 7) is -0.371. The van der Waals surface area contributed by atoms with Crippen LogP contribution in [-0.4, -0.2) is 56.8 Å². The number of aromatic nitrogens is 2. The van der Waals surface area contributed by atoms with Crippen LogP contribution in [0.5, 0.6) is 0 Å². The van der Waals surface area contributed by atoms with Crippen molar-refractivity contribution < 1.29 is 20.1 Å². The summed E-state index contributed by atoms with van der Waals surface area (Å²) in [5, 5.41) is 31.4. The molecule has 1 aromatic heterocycles. The molecule has 1 aliphatic heterocycles. The molecular formula is C10H15N3O4S. The van der Waals surface area contributed by atoms with E-state index in [1.165, 1.54) is 4.57 Å². The molecule has 0 aromatic carbocycles. The number of nitrogens with zero attached hydrogens (tertiary/aromatic N) is 2. The van der Waals surface area contributed by atoms with E-state index in [0.29, 0.717) is 5.82 Å². The van der Waals surface area contributed by atoms with Crippen LogP contribution in [0.1, 0.15) is 6.23 Å². The van der Waals surface area contributed by atoms with E-state index in [1.807, 2.05) is 0 Å². The van der Waals surface area contributed by atoms with Gasteiger partial charge in [-0.25, -0.2) is 4.98 Å². The topological polar surface area (TPSA) is 99.8 Å². The van der Waals surface area contributed by atoms with Crippen molar-refractivity contribution in [2.45, 2.75) is 24.5 Å². The number of anilines is 1. The highest BCUT2D eigenvalue weighted by molar-refractivity contribution is 7.71. The summed E-state index contributed by atoms with van der Waals surface area (Å²) in [7, 11) is 1.72. The van der Waals surface area contributed by atoms with Crippen LogP contribution in [0.4, 0.5) is 5.82 Å². The molecule has 1 saturated heterocycles. The number of aliphatic hydroxyl groups excluding tert-OH is 3. The van der Waals surface area contributed by atoms with E-state index in [-0.39, 0.29) is 11.4 Å². The quantitative estimate of drug-likeness (QED) is 0.539. The van der Waals surface area contributed by atoms with Crippen LogP contribution in [0.3, 0.4) is 0 Å². The number of nitrogens with one attached hydrogen (secondary N) is 1. The van der Waals surface area contributed by atoms with Crippen LogP contribution >= 0.6 is 12.2 Å². The van der Waals surface area contributed by atoms with Crippen molar-refractivity contribution in [2.24, 2.45) is 0 Å². The first kappa shape index (κ1) is 13.4. The highest BCUT2D eigenvalue weighted by atomic mass is 32.1. The fourth-order valence-corrected chi connectivity index (χ4v) is 2.12. The van der Waals surface area contributed by atoms with E-state index in [1.54, 1.807) is 19.3 Å². The molecule has 2 heterocycles. The van der Waals surface area contributed by atoms with Gasteiger partial charge < -0.3 is 25.4 Å². The SMILES string of the molecule is CNc1ccn([C@@H]2O[C@H](CO)C(O)C2O)c(=S)n1. The lowest BCUT2D eigenvalue weighted by molar-refractivity contribution is -0.0540. The Morgan fingerprint density at radius 1 is 1.50 bits per heavy atom. The van der Waals surface area contributed by atoms with Gasteiger partial charge in [0.1, 0.15) is 24.1 Å². The predicted octanol–water partition coefficient (Wildman–Crippen LogP) is -0.734. The van der Waals surface area contributed by atoms with Gasteiger partial charge in [-0.15, -0.1) is 0 Å². The average molecular weight is 273 g/mol. The van der Waals surface area contributed by atoms with Gasteiger partial charge in [-0.3, -0.25) is 4.57 Å². The largest absolute Gasteiger partial charge is 0.394 e.